The Labute approximate surface area is 146 Å². The van der Waals surface area contributed by atoms with Crippen LogP contribution in [0.25, 0.3) is 0 Å². The van der Waals surface area contributed by atoms with E-state index in [1.54, 1.807) is 0 Å². The SMILES string of the molecule is CC(Sc1ccc(Br)cc1)C(=O)NCCc1cc(F)cc(F)c1. The van der Waals surface area contributed by atoms with E-state index in [4.69, 9.17) is 0 Å². The summed E-state index contributed by atoms with van der Waals surface area (Å²) in [5.41, 5.74) is 0.524. The molecule has 0 spiro atoms. The molecule has 0 saturated heterocycles. The number of hydrogen-bond acceptors (Lipinski definition) is 2. The summed E-state index contributed by atoms with van der Waals surface area (Å²) < 4.78 is 27.1. The highest BCUT2D eigenvalue weighted by atomic mass is 79.9. The number of carbonyl (C=O) groups excluding carboxylic acids is 1. The van der Waals surface area contributed by atoms with Gasteiger partial charge in [0, 0.05) is 22.0 Å². The van der Waals surface area contributed by atoms with Crippen molar-refractivity contribution in [1.82, 2.24) is 5.32 Å². The lowest BCUT2D eigenvalue weighted by molar-refractivity contribution is -0.120. The molecule has 2 nitrogen and oxygen atoms in total. The van der Waals surface area contributed by atoms with Crippen molar-refractivity contribution in [2.45, 2.75) is 23.5 Å². The number of carbonyl (C=O) groups is 1. The fraction of sp³-hybridized carbons (Fsp3) is 0.235. The van der Waals surface area contributed by atoms with Crippen LogP contribution in [0.15, 0.2) is 51.8 Å². The number of thioether (sulfide) groups is 1. The third-order valence-electron chi connectivity index (χ3n) is 3.13. The molecule has 6 heteroatoms. The molecule has 1 N–H and O–H groups in total. The predicted molar refractivity (Wildman–Crippen MR) is 92.5 cm³/mol. The maximum Gasteiger partial charge on any atom is 0.233 e. The van der Waals surface area contributed by atoms with E-state index >= 15 is 0 Å². The van der Waals surface area contributed by atoms with Crippen molar-refractivity contribution < 1.29 is 13.6 Å². The molecule has 2 rings (SSSR count). The molecule has 0 bridgehead atoms. The second-order valence-electron chi connectivity index (χ2n) is 5.03. The van der Waals surface area contributed by atoms with Crippen LogP contribution in [-0.4, -0.2) is 17.7 Å². The lowest BCUT2D eigenvalue weighted by Gasteiger charge is -2.12. The number of rotatable bonds is 6. The van der Waals surface area contributed by atoms with Crippen molar-refractivity contribution in [3.8, 4) is 0 Å². The molecule has 23 heavy (non-hydrogen) atoms. The molecule has 0 aliphatic heterocycles. The summed E-state index contributed by atoms with van der Waals surface area (Å²) in [5.74, 6) is -1.31. The maximum absolute atomic E-state index is 13.1. The van der Waals surface area contributed by atoms with E-state index in [1.807, 2.05) is 31.2 Å². The molecule has 0 aliphatic carbocycles. The van der Waals surface area contributed by atoms with E-state index < -0.39 is 11.6 Å². The Hall–Kier alpha value is -1.40. The van der Waals surface area contributed by atoms with Gasteiger partial charge in [-0.05, 0) is 55.3 Å². The Morgan fingerprint density at radius 2 is 1.78 bits per heavy atom. The van der Waals surface area contributed by atoms with Gasteiger partial charge in [-0.25, -0.2) is 8.78 Å². The van der Waals surface area contributed by atoms with Crippen molar-refractivity contribution in [3.63, 3.8) is 0 Å². The van der Waals surface area contributed by atoms with Gasteiger partial charge in [-0.2, -0.15) is 0 Å². The summed E-state index contributed by atoms with van der Waals surface area (Å²) in [4.78, 5) is 13.1. The van der Waals surface area contributed by atoms with Gasteiger partial charge in [-0.1, -0.05) is 15.9 Å². The Kier molecular flexibility index (Phi) is 6.59. The van der Waals surface area contributed by atoms with Crippen molar-refractivity contribution in [1.29, 1.82) is 0 Å². The van der Waals surface area contributed by atoms with Crippen LogP contribution in [0.1, 0.15) is 12.5 Å². The minimum absolute atomic E-state index is 0.102. The molecule has 2 aromatic carbocycles. The largest absolute Gasteiger partial charge is 0.355 e. The average Bonchev–Trinajstić information content (AvgIpc) is 2.48. The molecule has 0 radical (unpaired) electrons. The molecule has 1 amide bonds. The van der Waals surface area contributed by atoms with E-state index in [-0.39, 0.29) is 11.2 Å². The third kappa shape index (κ3) is 5.95. The van der Waals surface area contributed by atoms with E-state index in [0.29, 0.717) is 18.5 Å². The van der Waals surface area contributed by atoms with Crippen LogP contribution in [0, 0.1) is 11.6 Å². The second kappa shape index (κ2) is 8.45. The smallest absolute Gasteiger partial charge is 0.233 e. The van der Waals surface area contributed by atoms with E-state index in [0.717, 1.165) is 15.4 Å². The molecule has 122 valence electrons. The molecule has 0 aromatic heterocycles. The monoisotopic (exact) mass is 399 g/mol. The summed E-state index contributed by atoms with van der Waals surface area (Å²) in [5, 5.41) is 2.54. The summed E-state index contributed by atoms with van der Waals surface area (Å²) in [6.45, 7) is 2.16. The molecular weight excluding hydrogens is 384 g/mol. The first kappa shape index (κ1) is 17.9. The lowest BCUT2D eigenvalue weighted by Crippen LogP contribution is -2.32. The fourth-order valence-corrected chi connectivity index (χ4v) is 3.16. The Morgan fingerprint density at radius 3 is 2.39 bits per heavy atom. The summed E-state index contributed by atoms with van der Waals surface area (Å²) in [6, 6.07) is 11.1. The first-order valence-corrected chi connectivity index (χ1v) is 8.76. The van der Waals surface area contributed by atoms with E-state index in [1.165, 1.54) is 23.9 Å². The number of halogens is 3. The lowest BCUT2D eigenvalue weighted by atomic mass is 10.1. The zero-order valence-corrected chi connectivity index (χ0v) is 14.9. The van der Waals surface area contributed by atoms with E-state index in [2.05, 4.69) is 21.2 Å². The second-order valence-corrected chi connectivity index (χ2v) is 7.36. The van der Waals surface area contributed by atoms with Crippen molar-refractivity contribution in [2.75, 3.05) is 6.54 Å². The van der Waals surface area contributed by atoms with Gasteiger partial charge in [-0.3, -0.25) is 4.79 Å². The summed E-state index contributed by atoms with van der Waals surface area (Å²) in [7, 11) is 0. The molecular formula is C17H16BrF2NOS. The Bertz CT molecular complexity index is 659. The summed E-state index contributed by atoms with van der Waals surface area (Å²) in [6.07, 6.45) is 0.385. The first-order chi connectivity index (χ1) is 10.9. The minimum Gasteiger partial charge on any atom is -0.355 e. The highest BCUT2D eigenvalue weighted by molar-refractivity contribution is 9.10. The van der Waals surface area contributed by atoms with Gasteiger partial charge in [0.1, 0.15) is 11.6 Å². The number of amides is 1. The Morgan fingerprint density at radius 1 is 1.17 bits per heavy atom. The van der Waals surface area contributed by atoms with Crippen molar-refractivity contribution >= 4 is 33.6 Å². The highest BCUT2D eigenvalue weighted by Crippen LogP contribution is 2.24. The molecule has 0 fully saturated rings. The van der Waals surface area contributed by atoms with Crippen molar-refractivity contribution in [2.24, 2.45) is 0 Å². The molecule has 1 unspecified atom stereocenters. The topological polar surface area (TPSA) is 29.1 Å². The van der Waals surface area contributed by atoms with Crippen LogP contribution in [-0.2, 0) is 11.2 Å². The average molecular weight is 400 g/mol. The van der Waals surface area contributed by atoms with Gasteiger partial charge in [-0.15, -0.1) is 11.8 Å². The van der Waals surface area contributed by atoms with Gasteiger partial charge < -0.3 is 5.32 Å². The minimum atomic E-state index is -0.606. The summed E-state index contributed by atoms with van der Waals surface area (Å²) >= 11 is 4.82. The standard InChI is InChI=1S/C17H16BrF2NOS/c1-11(23-16-4-2-13(18)3-5-16)17(22)21-7-6-12-8-14(19)10-15(20)9-12/h2-5,8-11H,6-7H2,1H3,(H,21,22). The number of hydrogen-bond donors (Lipinski definition) is 1. The number of nitrogens with one attached hydrogen (secondary N) is 1. The van der Waals surface area contributed by atoms with Crippen LogP contribution in [0.5, 0.6) is 0 Å². The first-order valence-electron chi connectivity index (χ1n) is 7.09. The fourth-order valence-electron chi connectivity index (χ4n) is 2.00. The quantitative estimate of drug-likeness (QED) is 0.720. The third-order valence-corrected chi connectivity index (χ3v) is 4.77. The van der Waals surface area contributed by atoms with Crippen LogP contribution in [0.4, 0.5) is 8.78 Å². The van der Waals surface area contributed by atoms with Crippen LogP contribution < -0.4 is 5.32 Å². The molecule has 0 aliphatic rings. The normalized spacial score (nSPS) is 12.0. The molecule has 0 saturated carbocycles. The van der Waals surface area contributed by atoms with Crippen molar-refractivity contribution in [3.05, 3.63) is 64.1 Å². The van der Waals surface area contributed by atoms with Crippen LogP contribution in [0.2, 0.25) is 0 Å². The van der Waals surface area contributed by atoms with Gasteiger partial charge in [0.15, 0.2) is 0 Å². The highest BCUT2D eigenvalue weighted by Gasteiger charge is 2.13. The predicted octanol–water partition coefficient (Wildman–Crippen LogP) is 4.57. The maximum atomic E-state index is 13.1. The van der Waals surface area contributed by atoms with Crippen LogP contribution >= 0.6 is 27.7 Å². The molecule has 1 atom stereocenters. The Balaban J connectivity index is 1.80. The van der Waals surface area contributed by atoms with Gasteiger partial charge in [0.25, 0.3) is 0 Å². The van der Waals surface area contributed by atoms with E-state index in [9.17, 15) is 13.6 Å². The molecule has 0 heterocycles. The zero-order chi connectivity index (χ0) is 16.8. The van der Waals surface area contributed by atoms with Crippen LogP contribution in [0.3, 0.4) is 0 Å². The van der Waals surface area contributed by atoms with Gasteiger partial charge >= 0.3 is 0 Å². The zero-order valence-electron chi connectivity index (χ0n) is 12.5. The molecule has 2 aromatic rings. The number of benzene rings is 2. The van der Waals surface area contributed by atoms with Gasteiger partial charge in [0.2, 0.25) is 5.91 Å². The van der Waals surface area contributed by atoms with Gasteiger partial charge in [0.05, 0.1) is 5.25 Å².